The monoisotopic (exact) mass is 265 g/mol. The SMILES string of the molecule is c1cc2c(c(CC3CCNc4ccccc43)c1)OCC2. The number of hydrogen-bond donors (Lipinski definition) is 1. The van der Waals surface area contributed by atoms with Crippen molar-refractivity contribution >= 4 is 5.69 Å². The van der Waals surface area contributed by atoms with Crippen LogP contribution in [0.2, 0.25) is 0 Å². The van der Waals surface area contributed by atoms with E-state index in [9.17, 15) is 0 Å². The Morgan fingerprint density at radius 3 is 3.05 bits per heavy atom. The Kier molecular flexibility index (Phi) is 2.87. The predicted molar refractivity (Wildman–Crippen MR) is 81.6 cm³/mol. The van der Waals surface area contributed by atoms with Gasteiger partial charge in [0.25, 0.3) is 0 Å². The van der Waals surface area contributed by atoms with Gasteiger partial charge in [0.05, 0.1) is 6.61 Å². The molecule has 0 radical (unpaired) electrons. The largest absolute Gasteiger partial charge is 0.493 e. The second-order valence-corrected chi connectivity index (χ2v) is 5.71. The van der Waals surface area contributed by atoms with Gasteiger partial charge in [-0.3, -0.25) is 0 Å². The summed E-state index contributed by atoms with van der Waals surface area (Å²) < 4.78 is 5.84. The summed E-state index contributed by atoms with van der Waals surface area (Å²) in [5, 5.41) is 3.50. The second kappa shape index (κ2) is 4.86. The van der Waals surface area contributed by atoms with Crippen LogP contribution in [0, 0.1) is 0 Å². The minimum Gasteiger partial charge on any atom is -0.493 e. The molecule has 1 N–H and O–H groups in total. The van der Waals surface area contributed by atoms with Crippen molar-refractivity contribution < 1.29 is 4.74 Å². The van der Waals surface area contributed by atoms with Crippen molar-refractivity contribution in [3.8, 4) is 5.75 Å². The van der Waals surface area contributed by atoms with E-state index in [1.807, 2.05) is 0 Å². The minimum atomic E-state index is 0.600. The maximum absolute atomic E-state index is 5.84. The number of benzene rings is 2. The lowest BCUT2D eigenvalue weighted by atomic mass is 9.85. The van der Waals surface area contributed by atoms with Gasteiger partial charge in [0, 0.05) is 18.7 Å². The molecule has 2 aliphatic heterocycles. The molecule has 0 spiro atoms. The molecule has 102 valence electrons. The molecule has 0 amide bonds. The van der Waals surface area contributed by atoms with Crippen LogP contribution in [-0.4, -0.2) is 13.2 Å². The molecule has 1 atom stereocenters. The highest BCUT2D eigenvalue weighted by molar-refractivity contribution is 5.55. The van der Waals surface area contributed by atoms with Gasteiger partial charge in [0.15, 0.2) is 0 Å². The van der Waals surface area contributed by atoms with E-state index >= 15 is 0 Å². The summed E-state index contributed by atoms with van der Waals surface area (Å²) in [6.07, 6.45) is 3.34. The topological polar surface area (TPSA) is 21.3 Å². The first-order valence-corrected chi connectivity index (χ1v) is 7.48. The molecular weight excluding hydrogens is 246 g/mol. The number of para-hydroxylation sites is 2. The highest BCUT2D eigenvalue weighted by Crippen LogP contribution is 2.37. The summed E-state index contributed by atoms with van der Waals surface area (Å²) in [6.45, 7) is 1.91. The maximum Gasteiger partial charge on any atom is 0.125 e. The van der Waals surface area contributed by atoms with Gasteiger partial charge in [-0.15, -0.1) is 0 Å². The molecule has 0 aromatic heterocycles. The number of ether oxygens (including phenoxy) is 1. The van der Waals surface area contributed by atoms with Gasteiger partial charge in [0.1, 0.15) is 5.75 Å². The van der Waals surface area contributed by atoms with Crippen molar-refractivity contribution in [2.75, 3.05) is 18.5 Å². The Morgan fingerprint density at radius 1 is 1.10 bits per heavy atom. The quantitative estimate of drug-likeness (QED) is 0.892. The van der Waals surface area contributed by atoms with Crippen LogP contribution >= 0.6 is 0 Å². The summed E-state index contributed by atoms with van der Waals surface area (Å²) in [5.74, 6) is 1.76. The summed E-state index contributed by atoms with van der Waals surface area (Å²) in [6, 6.07) is 15.3. The van der Waals surface area contributed by atoms with Crippen molar-refractivity contribution in [3.63, 3.8) is 0 Å². The van der Waals surface area contributed by atoms with Crippen LogP contribution in [0.5, 0.6) is 5.75 Å². The van der Waals surface area contributed by atoms with Crippen LogP contribution in [0.15, 0.2) is 42.5 Å². The lowest BCUT2D eigenvalue weighted by Crippen LogP contribution is -2.18. The molecular formula is C18H19NO. The third-order valence-corrected chi connectivity index (χ3v) is 4.47. The third-order valence-electron chi connectivity index (χ3n) is 4.47. The number of hydrogen-bond acceptors (Lipinski definition) is 2. The van der Waals surface area contributed by atoms with Crippen molar-refractivity contribution in [2.45, 2.75) is 25.2 Å². The van der Waals surface area contributed by atoms with E-state index in [0.717, 1.165) is 31.7 Å². The maximum atomic E-state index is 5.84. The van der Waals surface area contributed by atoms with Gasteiger partial charge < -0.3 is 10.1 Å². The highest BCUT2D eigenvalue weighted by atomic mass is 16.5. The van der Waals surface area contributed by atoms with Gasteiger partial charge >= 0.3 is 0 Å². The molecule has 0 aliphatic carbocycles. The molecule has 2 heterocycles. The number of nitrogens with one attached hydrogen (secondary N) is 1. The summed E-state index contributed by atoms with van der Waals surface area (Å²) in [5.41, 5.74) is 5.51. The Hall–Kier alpha value is -1.96. The lowest BCUT2D eigenvalue weighted by Gasteiger charge is -2.27. The molecule has 1 unspecified atom stereocenters. The van der Waals surface area contributed by atoms with E-state index in [2.05, 4.69) is 47.8 Å². The lowest BCUT2D eigenvalue weighted by molar-refractivity contribution is 0.352. The summed E-state index contributed by atoms with van der Waals surface area (Å²) >= 11 is 0. The van der Waals surface area contributed by atoms with Gasteiger partial charge in [-0.25, -0.2) is 0 Å². The predicted octanol–water partition coefficient (Wildman–Crippen LogP) is 3.76. The third kappa shape index (κ3) is 1.96. The second-order valence-electron chi connectivity index (χ2n) is 5.71. The standard InChI is InChI=1S/C18H19NO/c1-2-7-17-16(6-1)14(8-10-19-17)12-15-5-3-4-13-9-11-20-18(13)15/h1-7,14,19H,8-12H2. The average Bonchev–Trinajstić information content (AvgIpc) is 2.97. The van der Waals surface area contributed by atoms with Crippen LogP contribution in [0.25, 0.3) is 0 Å². The van der Waals surface area contributed by atoms with Crippen LogP contribution < -0.4 is 10.1 Å². The highest BCUT2D eigenvalue weighted by Gasteiger charge is 2.23. The van der Waals surface area contributed by atoms with Crippen LogP contribution in [0.1, 0.15) is 29.0 Å². The van der Waals surface area contributed by atoms with Crippen molar-refractivity contribution in [2.24, 2.45) is 0 Å². The van der Waals surface area contributed by atoms with E-state index in [-0.39, 0.29) is 0 Å². The van der Waals surface area contributed by atoms with Crippen molar-refractivity contribution in [1.82, 2.24) is 0 Å². The molecule has 2 aromatic carbocycles. The van der Waals surface area contributed by atoms with Gasteiger partial charge in [0.2, 0.25) is 0 Å². The molecule has 4 rings (SSSR count). The molecule has 2 heteroatoms. The number of fused-ring (bicyclic) bond motifs is 2. The smallest absolute Gasteiger partial charge is 0.125 e. The van der Waals surface area contributed by atoms with Crippen molar-refractivity contribution in [3.05, 3.63) is 59.2 Å². The summed E-state index contributed by atoms with van der Waals surface area (Å²) in [4.78, 5) is 0. The van der Waals surface area contributed by atoms with E-state index in [4.69, 9.17) is 4.74 Å². The summed E-state index contributed by atoms with van der Waals surface area (Å²) in [7, 11) is 0. The zero-order valence-electron chi connectivity index (χ0n) is 11.6. The molecule has 2 aromatic rings. The first-order chi connectivity index (χ1) is 9.92. The van der Waals surface area contributed by atoms with Crippen LogP contribution in [0.4, 0.5) is 5.69 Å². The van der Waals surface area contributed by atoms with Crippen LogP contribution in [-0.2, 0) is 12.8 Å². The normalized spacial score (nSPS) is 19.7. The zero-order valence-corrected chi connectivity index (χ0v) is 11.6. The van der Waals surface area contributed by atoms with E-state index in [1.165, 1.54) is 28.8 Å². The fourth-order valence-corrected chi connectivity index (χ4v) is 3.47. The van der Waals surface area contributed by atoms with Gasteiger partial charge in [-0.1, -0.05) is 36.4 Å². The van der Waals surface area contributed by atoms with Gasteiger partial charge in [-0.05, 0) is 41.5 Å². The molecule has 20 heavy (non-hydrogen) atoms. The molecule has 0 saturated heterocycles. The first kappa shape index (κ1) is 11.8. The average molecular weight is 265 g/mol. The zero-order chi connectivity index (χ0) is 13.4. The molecule has 0 saturated carbocycles. The number of anilines is 1. The molecule has 2 aliphatic rings. The Morgan fingerprint density at radius 2 is 2.05 bits per heavy atom. The van der Waals surface area contributed by atoms with Gasteiger partial charge in [-0.2, -0.15) is 0 Å². The molecule has 0 bridgehead atoms. The van der Waals surface area contributed by atoms with E-state index in [1.54, 1.807) is 0 Å². The minimum absolute atomic E-state index is 0.600. The van der Waals surface area contributed by atoms with E-state index < -0.39 is 0 Å². The van der Waals surface area contributed by atoms with Crippen molar-refractivity contribution in [1.29, 1.82) is 0 Å². The fourth-order valence-electron chi connectivity index (χ4n) is 3.47. The Balaban J connectivity index is 1.66. The molecule has 0 fully saturated rings. The molecule has 2 nitrogen and oxygen atoms in total. The Bertz CT molecular complexity index is 635. The van der Waals surface area contributed by atoms with E-state index in [0.29, 0.717) is 5.92 Å². The number of rotatable bonds is 2. The first-order valence-electron chi connectivity index (χ1n) is 7.48. The Labute approximate surface area is 119 Å². The fraction of sp³-hybridized carbons (Fsp3) is 0.333. The van der Waals surface area contributed by atoms with Crippen LogP contribution in [0.3, 0.4) is 0 Å².